The number of ether oxygens (including phenoxy) is 2. The highest BCUT2D eigenvalue weighted by molar-refractivity contribution is 5.95. The van der Waals surface area contributed by atoms with Gasteiger partial charge >= 0.3 is 12.3 Å². The van der Waals surface area contributed by atoms with Crippen LogP contribution in [0.3, 0.4) is 0 Å². The van der Waals surface area contributed by atoms with Gasteiger partial charge < -0.3 is 14.4 Å². The Morgan fingerprint density at radius 3 is 2.32 bits per heavy atom. The Labute approximate surface area is 158 Å². The highest BCUT2D eigenvalue weighted by Crippen LogP contribution is 2.44. The molecule has 8 heteroatoms. The van der Waals surface area contributed by atoms with Gasteiger partial charge in [-0.1, -0.05) is 18.2 Å². The molecule has 0 aromatic heterocycles. The molecule has 0 bridgehead atoms. The van der Waals surface area contributed by atoms with Crippen molar-refractivity contribution in [2.75, 3.05) is 13.1 Å². The molecular weight excluding hydrogens is 375 g/mol. The van der Waals surface area contributed by atoms with Gasteiger partial charge in [0.2, 0.25) is 0 Å². The molecule has 1 amide bonds. The molecule has 0 aliphatic carbocycles. The molecule has 28 heavy (non-hydrogen) atoms. The predicted molar refractivity (Wildman–Crippen MR) is 91.8 cm³/mol. The molecule has 2 aromatic rings. The van der Waals surface area contributed by atoms with Gasteiger partial charge in [-0.2, -0.15) is 0 Å². The van der Waals surface area contributed by atoms with Gasteiger partial charge in [0.1, 0.15) is 11.4 Å². The largest absolute Gasteiger partial charge is 0.573 e. The first kappa shape index (κ1) is 18.3. The van der Waals surface area contributed by atoms with Crippen LogP contribution in [-0.4, -0.2) is 36.2 Å². The normalized spacial score (nSPS) is 18.0. The standard InChI is InChI=1S/C20H16F3NO4/c21-20(22,23)27-14-7-5-13(6-8-14)17(25)24-11-9-19(10-12-24)16-4-2-1-3-15(16)18(26)28-19/h1-8H,9-12H2. The fourth-order valence-electron chi connectivity index (χ4n) is 3.77. The first-order valence-corrected chi connectivity index (χ1v) is 8.75. The van der Waals surface area contributed by atoms with E-state index in [0.717, 1.165) is 17.7 Å². The SMILES string of the molecule is O=C1OC2(CCN(C(=O)c3ccc(OC(F)(F)F)cc3)CC2)c2ccccc21. The van der Waals surface area contributed by atoms with Crippen molar-refractivity contribution in [1.82, 2.24) is 4.90 Å². The third kappa shape index (κ3) is 3.30. The lowest BCUT2D eigenvalue weighted by molar-refractivity contribution is -0.274. The molecule has 0 atom stereocenters. The minimum absolute atomic E-state index is 0.272. The lowest BCUT2D eigenvalue weighted by Crippen LogP contribution is -2.45. The number of hydrogen-bond donors (Lipinski definition) is 0. The van der Waals surface area contributed by atoms with E-state index in [4.69, 9.17) is 4.74 Å². The third-order valence-electron chi connectivity index (χ3n) is 5.12. The Morgan fingerprint density at radius 2 is 1.68 bits per heavy atom. The van der Waals surface area contributed by atoms with Crippen molar-refractivity contribution in [2.24, 2.45) is 0 Å². The monoisotopic (exact) mass is 391 g/mol. The number of esters is 1. The smallest absolute Gasteiger partial charge is 0.450 e. The van der Waals surface area contributed by atoms with Crippen LogP contribution in [0.25, 0.3) is 0 Å². The van der Waals surface area contributed by atoms with Crippen LogP contribution in [0.1, 0.15) is 39.1 Å². The van der Waals surface area contributed by atoms with Gasteiger partial charge in [-0.3, -0.25) is 4.79 Å². The highest BCUT2D eigenvalue weighted by Gasteiger charge is 2.47. The van der Waals surface area contributed by atoms with Crippen molar-refractivity contribution in [3.63, 3.8) is 0 Å². The maximum atomic E-state index is 12.7. The molecule has 2 aromatic carbocycles. The molecule has 1 saturated heterocycles. The number of hydrogen-bond acceptors (Lipinski definition) is 4. The Hall–Kier alpha value is -3.03. The molecule has 0 N–H and O–H groups in total. The molecular formula is C20H16F3NO4. The van der Waals surface area contributed by atoms with Crippen molar-refractivity contribution in [2.45, 2.75) is 24.8 Å². The molecule has 0 saturated carbocycles. The minimum atomic E-state index is -4.78. The van der Waals surface area contributed by atoms with Crippen molar-refractivity contribution in [3.05, 3.63) is 65.2 Å². The molecule has 1 spiro atoms. The number of benzene rings is 2. The summed E-state index contributed by atoms with van der Waals surface area (Å²) in [5.41, 5.74) is 0.965. The van der Waals surface area contributed by atoms with Crippen LogP contribution in [0, 0.1) is 0 Å². The van der Waals surface area contributed by atoms with Gasteiger partial charge in [-0.25, -0.2) is 4.79 Å². The maximum absolute atomic E-state index is 12.7. The van der Waals surface area contributed by atoms with Crippen molar-refractivity contribution >= 4 is 11.9 Å². The van der Waals surface area contributed by atoms with Crippen molar-refractivity contribution in [3.8, 4) is 5.75 Å². The van der Waals surface area contributed by atoms with Crippen LogP contribution >= 0.6 is 0 Å². The number of nitrogens with zero attached hydrogens (tertiary/aromatic N) is 1. The van der Waals surface area contributed by atoms with Gasteiger partial charge in [0.25, 0.3) is 5.91 Å². The topological polar surface area (TPSA) is 55.8 Å². The van der Waals surface area contributed by atoms with Crippen LogP contribution < -0.4 is 4.74 Å². The average Bonchev–Trinajstić information content (AvgIpc) is 2.93. The van der Waals surface area contributed by atoms with E-state index in [0.29, 0.717) is 31.5 Å². The van der Waals surface area contributed by atoms with Crippen LogP contribution in [0.5, 0.6) is 5.75 Å². The Balaban J connectivity index is 1.44. The highest BCUT2D eigenvalue weighted by atomic mass is 19.4. The molecule has 146 valence electrons. The second-order valence-corrected chi connectivity index (χ2v) is 6.79. The summed E-state index contributed by atoms with van der Waals surface area (Å²) in [5.74, 6) is -1.02. The number of carbonyl (C=O) groups is 2. The zero-order valence-electron chi connectivity index (χ0n) is 14.7. The van der Waals surface area contributed by atoms with Gasteiger partial charge in [0.15, 0.2) is 0 Å². The quantitative estimate of drug-likeness (QED) is 0.729. The van der Waals surface area contributed by atoms with E-state index in [9.17, 15) is 22.8 Å². The van der Waals surface area contributed by atoms with E-state index in [1.54, 1.807) is 17.0 Å². The van der Waals surface area contributed by atoms with E-state index in [1.165, 1.54) is 12.1 Å². The van der Waals surface area contributed by atoms with E-state index in [-0.39, 0.29) is 23.2 Å². The van der Waals surface area contributed by atoms with Crippen molar-refractivity contribution < 1.29 is 32.2 Å². The molecule has 2 aliphatic rings. The first-order valence-electron chi connectivity index (χ1n) is 8.75. The van der Waals surface area contributed by atoms with E-state index in [1.807, 2.05) is 12.1 Å². The Kier molecular flexibility index (Phi) is 4.28. The zero-order valence-corrected chi connectivity index (χ0v) is 14.7. The lowest BCUT2D eigenvalue weighted by Gasteiger charge is -2.38. The number of alkyl halides is 3. The number of carbonyl (C=O) groups excluding carboxylic acids is 2. The summed E-state index contributed by atoms with van der Waals surface area (Å²) in [6.45, 7) is 0.752. The second-order valence-electron chi connectivity index (χ2n) is 6.79. The van der Waals surface area contributed by atoms with Gasteiger partial charge in [0.05, 0.1) is 5.56 Å². The average molecular weight is 391 g/mol. The zero-order chi connectivity index (χ0) is 19.9. The fraction of sp³-hybridized carbons (Fsp3) is 0.300. The summed E-state index contributed by atoms with van der Waals surface area (Å²) < 4.78 is 46.2. The molecule has 2 heterocycles. The number of amides is 1. The summed E-state index contributed by atoms with van der Waals surface area (Å²) in [4.78, 5) is 26.4. The Bertz CT molecular complexity index is 916. The van der Waals surface area contributed by atoms with Gasteiger partial charge in [-0.15, -0.1) is 13.2 Å². The van der Waals surface area contributed by atoms with E-state index >= 15 is 0 Å². The number of fused-ring (bicyclic) bond motifs is 2. The summed E-state index contributed by atoms with van der Waals surface area (Å²) >= 11 is 0. The maximum Gasteiger partial charge on any atom is 0.573 e. The molecule has 0 radical (unpaired) electrons. The van der Waals surface area contributed by atoms with E-state index < -0.39 is 12.0 Å². The predicted octanol–water partition coefficient (Wildman–Crippen LogP) is 3.89. The number of likely N-dealkylation sites (tertiary alicyclic amines) is 1. The minimum Gasteiger partial charge on any atom is -0.450 e. The molecule has 5 nitrogen and oxygen atoms in total. The van der Waals surface area contributed by atoms with Crippen molar-refractivity contribution in [1.29, 1.82) is 0 Å². The van der Waals surface area contributed by atoms with Crippen LogP contribution in [-0.2, 0) is 10.3 Å². The molecule has 1 fully saturated rings. The molecule has 4 rings (SSSR count). The number of piperidine rings is 1. The lowest BCUT2D eigenvalue weighted by atomic mass is 9.83. The summed E-state index contributed by atoms with van der Waals surface area (Å²) in [6.07, 6.45) is -3.84. The number of rotatable bonds is 2. The molecule has 2 aliphatic heterocycles. The fourth-order valence-corrected chi connectivity index (χ4v) is 3.77. The first-order chi connectivity index (χ1) is 13.3. The number of halogens is 3. The van der Waals surface area contributed by atoms with Crippen LogP contribution in [0.4, 0.5) is 13.2 Å². The van der Waals surface area contributed by atoms with Gasteiger partial charge in [0, 0.05) is 37.1 Å². The third-order valence-corrected chi connectivity index (χ3v) is 5.12. The summed E-state index contributed by atoms with van der Waals surface area (Å²) in [5, 5.41) is 0. The van der Waals surface area contributed by atoms with Crippen LogP contribution in [0.2, 0.25) is 0 Å². The summed E-state index contributed by atoms with van der Waals surface area (Å²) in [6, 6.07) is 12.1. The summed E-state index contributed by atoms with van der Waals surface area (Å²) in [7, 11) is 0. The van der Waals surface area contributed by atoms with Gasteiger partial charge in [-0.05, 0) is 30.3 Å². The second kappa shape index (κ2) is 6.54. The molecule has 0 unspecified atom stereocenters. The van der Waals surface area contributed by atoms with Crippen LogP contribution in [0.15, 0.2) is 48.5 Å². The Morgan fingerprint density at radius 1 is 1.04 bits per heavy atom. The van der Waals surface area contributed by atoms with E-state index in [2.05, 4.69) is 4.74 Å².